The number of aromatic nitrogens is 3. The summed E-state index contributed by atoms with van der Waals surface area (Å²) in [5.74, 6) is 0. The summed E-state index contributed by atoms with van der Waals surface area (Å²) in [6, 6.07) is 2.01. The molecule has 0 aliphatic rings. The smallest absolute Gasteiger partial charge is 0.0946 e. The first-order valence-corrected chi connectivity index (χ1v) is 5.22. The molecule has 0 aliphatic carbocycles. The third-order valence-corrected chi connectivity index (χ3v) is 2.29. The minimum Gasteiger partial charge on any atom is -0.382 e. The topological polar surface area (TPSA) is 68.8 Å². The summed E-state index contributed by atoms with van der Waals surface area (Å²) in [6.45, 7) is 2.24. The lowest BCUT2D eigenvalue weighted by Crippen LogP contribution is -2.09. The van der Waals surface area contributed by atoms with E-state index < -0.39 is 0 Å². The summed E-state index contributed by atoms with van der Waals surface area (Å²) in [7, 11) is 0. The van der Waals surface area contributed by atoms with Crippen LogP contribution in [0.1, 0.15) is 5.56 Å². The second-order valence-corrected chi connectivity index (χ2v) is 3.51. The van der Waals surface area contributed by atoms with Crippen molar-refractivity contribution in [1.29, 1.82) is 0 Å². The van der Waals surface area contributed by atoms with E-state index in [1.807, 2.05) is 16.8 Å². The minimum atomic E-state index is 0.518. The van der Waals surface area contributed by atoms with E-state index in [1.165, 1.54) is 0 Å². The molecule has 3 N–H and O–H groups in total. The summed E-state index contributed by atoms with van der Waals surface area (Å²) in [4.78, 5) is 8.09. The van der Waals surface area contributed by atoms with Crippen molar-refractivity contribution in [2.24, 2.45) is 5.73 Å². The Bertz CT molecular complexity index is 424. The van der Waals surface area contributed by atoms with Gasteiger partial charge in [0.05, 0.1) is 12.0 Å². The highest BCUT2D eigenvalue weighted by atomic mass is 15.0. The monoisotopic (exact) mass is 217 g/mol. The van der Waals surface area contributed by atoms with Gasteiger partial charge in [0.2, 0.25) is 0 Å². The molecular formula is C11H15N5. The largest absolute Gasteiger partial charge is 0.382 e. The van der Waals surface area contributed by atoms with Gasteiger partial charge in [0.1, 0.15) is 0 Å². The zero-order valence-electron chi connectivity index (χ0n) is 9.00. The molecule has 2 rings (SSSR count). The highest BCUT2D eigenvalue weighted by Gasteiger charge is 1.95. The number of nitrogens with zero attached hydrogens (tertiary/aromatic N) is 3. The summed E-state index contributed by atoms with van der Waals surface area (Å²) in [5, 5.41) is 3.29. The van der Waals surface area contributed by atoms with Crippen molar-refractivity contribution in [3.8, 4) is 0 Å². The Labute approximate surface area is 94.3 Å². The molecular weight excluding hydrogens is 202 g/mol. The lowest BCUT2D eigenvalue weighted by Gasteiger charge is -2.07. The van der Waals surface area contributed by atoms with Crippen LogP contribution in [0.5, 0.6) is 0 Å². The van der Waals surface area contributed by atoms with Crippen molar-refractivity contribution < 1.29 is 0 Å². The Kier molecular flexibility index (Phi) is 3.50. The first-order chi connectivity index (χ1) is 7.88. The Morgan fingerprint density at radius 2 is 2.25 bits per heavy atom. The number of hydrogen-bond donors (Lipinski definition) is 2. The predicted octanol–water partition coefficient (Wildman–Crippen LogP) is 0.849. The summed E-state index contributed by atoms with van der Waals surface area (Å²) in [5.41, 5.74) is 7.58. The van der Waals surface area contributed by atoms with Gasteiger partial charge >= 0.3 is 0 Å². The van der Waals surface area contributed by atoms with Crippen LogP contribution in [0.2, 0.25) is 0 Å². The average Bonchev–Trinajstić information content (AvgIpc) is 2.82. The third kappa shape index (κ3) is 2.80. The average molecular weight is 217 g/mol. The van der Waals surface area contributed by atoms with Gasteiger partial charge in [0, 0.05) is 44.4 Å². The highest BCUT2D eigenvalue weighted by molar-refractivity contribution is 5.42. The number of nitrogens with two attached hydrogens (primary N) is 1. The van der Waals surface area contributed by atoms with E-state index >= 15 is 0 Å². The van der Waals surface area contributed by atoms with Gasteiger partial charge in [0.25, 0.3) is 0 Å². The molecule has 0 bridgehead atoms. The van der Waals surface area contributed by atoms with Crippen LogP contribution in [0.4, 0.5) is 5.69 Å². The van der Waals surface area contributed by atoms with Crippen molar-refractivity contribution in [3.05, 3.63) is 42.7 Å². The van der Waals surface area contributed by atoms with Crippen LogP contribution in [-0.4, -0.2) is 21.1 Å². The Balaban J connectivity index is 1.85. The summed E-state index contributed by atoms with van der Waals surface area (Å²) >= 11 is 0. The zero-order valence-corrected chi connectivity index (χ0v) is 9.00. The molecule has 2 aromatic rings. The van der Waals surface area contributed by atoms with Crippen molar-refractivity contribution in [2.45, 2.75) is 13.1 Å². The molecule has 5 nitrogen and oxygen atoms in total. The molecule has 0 amide bonds. The molecule has 0 saturated carbocycles. The normalized spacial score (nSPS) is 10.3. The molecule has 2 aromatic heterocycles. The SMILES string of the molecule is NCc1cncc(NCCn2ccnc2)c1. The van der Waals surface area contributed by atoms with Crippen LogP contribution in [0.25, 0.3) is 0 Å². The van der Waals surface area contributed by atoms with Crippen molar-refractivity contribution in [3.63, 3.8) is 0 Å². The van der Waals surface area contributed by atoms with Gasteiger partial charge in [0.15, 0.2) is 0 Å². The van der Waals surface area contributed by atoms with Crippen LogP contribution in [0.15, 0.2) is 37.2 Å². The molecule has 0 spiro atoms. The van der Waals surface area contributed by atoms with Crippen LogP contribution in [0.3, 0.4) is 0 Å². The van der Waals surface area contributed by atoms with Crippen LogP contribution in [0, 0.1) is 0 Å². The van der Waals surface area contributed by atoms with E-state index in [0.29, 0.717) is 6.54 Å². The van der Waals surface area contributed by atoms with Crippen molar-refractivity contribution in [2.75, 3.05) is 11.9 Å². The first kappa shape index (κ1) is 10.6. The van der Waals surface area contributed by atoms with Gasteiger partial charge in [-0.2, -0.15) is 0 Å². The number of hydrogen-bond acceptors (Lipinski definition) is 4. The van der Waals surface area contributed by atoms with E-state index in [9.17, 15) is 0 Å². The van der Waals surface area contributed by atoms with Gasteiger partial charge in [-0.3, -0.25) is 4.98 Å². The van der Waals surface area contributed by atoms with Crippen LogP contribution < -0.4 is 11.1 Å². The van der Waals surface area contributed by atoms with Gasteiger partial charge in [-0.05, 0) is 11.6 Å². The Morgan fingerprint density at radius 1 is 1.31 bits per heavy atom. The highest BCUT2D eigenvalue weighted by Crippen LogP contribution is 2.07. The molecule has 0 fully saturated rings. The van der Waals surface area contributed by atoms with E-state index in [4.69, 9.17) is 5.73 Å². The number of anilines is 1. The number of pyridine rings is 1. The summed E-state index contributed by atoms with van der Waals surface area (Å²) in [6.07, 6.45) is 9.09. The number of nitrogens with one attached hydrogen (secondary N) is 1. The summed E-state index contributed by atoms with van der Waals surface area (Å²) < 4.78 is 2.02. The Morgan fingerprint density at radius 3 is 3.00 bits per heavy atom. The standard InChI is InChI=1S/C11H15N5/c12-6-10-5-11(8-14-7-10)15-2-4-16-3-1-13-9-16/h1,3,5,7-9,15H,2,4,6,12H2. The molecule has 16 heavy (non-hydrogen) atoms. The van der Waals surface area contributed by atoms with Gasteiger partial charge in [-0.1, -0.05) is 0 Å². The van der Waals surface area contributed by atoms with Crippen LogP contribution >= 0.6 is 0 Å². The molecule has 0 atom stereocenters. The van der Waals surface area contributed by atoms with E-state index in [2.05, 4.69) is 15.3 Å². The second-order valence-electron chi connectivity index (χ2n) is 3.51. The van der Waals surface area contributed by atoms with E-state index in [0.717, 1.165) is 24.3 Å². The van der Waals surface area contributed by atoms with E-state index in [1.54, 1.807) is 24.9 Å². The molecule has 0 unspecified atom stereocenters. The lowest BCUT2D eigenvalue weighted by molar-refractivity contribution is 0.726. The molecule has 0 aliphatic heterocycles. The Hall–Kier alpha value is -1.88. The second kappa shape index (κ2) is 5.27. The van der Waals surface area contributed by atoms with Gasteiger partial charge in [-0.25, -0.2) is 4.98 Å². The molecule has 84 valence electrons. The molecule has 5 heteroatoms. The quantitative estimate of drug-likeness (QED) is 0.779. The maximum atomic E-state index is 5.54. The van der Waals surface area contributed by atoms with Crippen molar-refractivity contribution >= 4 is 5.69 Å². The number of rotatable bonds is 5. The maximum Gasteiger partial charge on any atom is 0.0946 e. The van der Waals surface area contributed by atoms with Gasteiger partial charge in [-0.15, -0.1) is 0 Å². The zero-order chi connectivity index (χ0) is 11.2. The molecule has 0 saturated heterocycles. The molecule has 0 radical (unpaired) electrons. The fourth-order valence-corrected chi connectivity index (χ4v) is 1.44. The van der Waals surface area contributed by atoms with Crippen LogP contribution in [-0.2, 0) is 13.1 Å². The fraction of sp³-hybridized carbons (Fsp3) is 0.273. The lowest BCUT2D eigenvalue weighted by atomic mass is 10.2. The van der Waals surface area contributed by atoms with E-state index in [-0.39, 0.29) is 0 Å². The number of imidazole rings is 1. The van der Waals surface area contributed by atoms with Gasteiger partial charge < -0.3 is 15.6 Å². The minimum absolute atomic E-state index is 0.518. The molecule has 2 heterocycles. The first-order valence-electron chi connectivity index (χ1n) is 5.22. The maximum absolute atomic E-state index is 5.54. The third-order valence-electron chi connectivity index (χ3n) is 2.29. The predicted molar refractivity (Wildman–Crippen MR) is 62.8 cm³/mol. The molecule has 0 aromatic carbocycles. The fourth-order valence-electron chi connectivity index (χ4n) is 1.44. The van der Waals surface area contributed by atoms with Crippen molar-refractivity contribution in [1.82, 2.24) is 14.5 Å².